The first kappa shape index (κ1) is 22.6. The first-order valence-corrected chi connectivity index (χ1v) is 9.92. The third-order valence-corrected chi connectivity index (χ3v) is 4.86. The molecule has 0 spiro atoms. The quantitative estimate of drug-likeness (QED) is 0.436. The molecule has 3 N–H and O–H groups in total. The van der Waals surface area contributed by atoms with E-state index in [2.05, 4.69) is 32.1 Å². The minimum absolute atomic E-state index is 0.0487. The third-order valence-electron chi connectivity index (χ3n) is 3.77. The van der Waals surface area contributed by atoms with Gasteiger partial charge in [0.25, 0.3) is 11.8 Å². The van der Waals surface area contributed by atoms with Gasteiger partial charge in [-0.25, -0.2) is 0 Å². The van der Waals surface area contributed by atoms with Crippen LogP contribution >= 0.6 is 28.1 Å². The lowest BCUT2D eigenvalue weighted by Crippen LogP contribution is -2.50. The van der Waals surface area contributed by atoms with Gasteiger partial charge in [0.2, 0.25) is 0 Å². The van der Waals surface area contributed by atoms with Gasteiger partial charge in [-0.05, 0) is 73.9 Å². The second-order valence-electron chi connectivity index (χ2n) is 6.31. The number of benzene rings is 2. The van der Waals surface area contributed by atoms with E-state index in [4.69, 9.17) is 21.7 Å². The number of ether oxygens (including phenoxy) is 2. The number of hydrogen-bond acceptors (Lipinski definition) is 5. The maximum absolute atomic E-state index is 11.9. The van der Waals surface area contributed by atoms with Gasteiger partial charge in [0.05, 0.1) is 0 Å². The lowest BCUT2D eigenvalue weighted by Gasteiger charge is -2.13. The number of rotatable bonds is 6. The van der Waals surface area contributed by atoms with Crippen molar-refractivity contribution in [2.45, 2.75) is 20.8 Å². The Bertz CT molecular complexity index is 921. The van der Waals surface area contributed by atoms with Crippen LogP contribution in [0.25, 0.3) is 0 Å². The fourth-order valence-electron chi connectivity index (χ4n) is 2.22. The average molecular weight is 480 g/mol. The smallest absolute Gasteiger partial charge is 0.276 e. The van der Waals surface area contributed by atoms with E-state index in [0.717, 1.165) is 21.2 Å². The Kier molecular flexibility index (Phi) is 8.41. The van der Waals surface area contributed by atoms with Gasteiger partial charge < -0.3 is 9.47 Å². The van der Waals surface area contributed by atoms with Crippen molar-refractivity contribution < 1.29 is 19.1 Å². The number of carbonyl (C=O) groups excluding carboxylic acids is 2. The molecule has 0 unspecified atom stereocenters. The van der Waals surface area contributed by atoms with Crippen molar-refractivity contribution >= 4 is 45.1 Å². The Morgan fingerprint density at radius 3 is 2.38 bits per heavy atom. The Morgan fingerprint density at radius 2 is 1.66 bits per heavy atom. The summed E-state index contributed by atoms with van der Waals surface area (Å²) in [5.74, 6) is 0.307. The van der Waals surface area contributed by atoms with Crippen LogP contribution < -0.4 is 25.6 Å². The first-order valence-electron chi connectivity index (χ1n) is 8.72. The summed E-state index contributed by atoms with van der Waals surface area (Å²) in [5.41, 5.74) is 7.76. The van der Waals surface area contributed by atoms with E-state index in [1.54, 1.807) is 6.07 Å². The number of carbonyl (C=O) groups is 2. The van der Waals surface area contributed by atoms with E-state index in [0.29, 0.717) is 11.5 Å². The molecule has 9 heteroatoms. The number of hydrazine groups is 1. The molecule has 7 nitrogen and oxygen atoms in total. The largest absolute Gasteiger partial charge is 0.484 e. The number of thiocarbonyl (C=S) groups is 1. The highest BCUT2D eigenvalue weighted by Gasteiger charge is 2.09. The van der Waals surface area contributed by atoms with E-state index >= 15 is 0 Å². The number of nitrogens with one attached hydrogen (secondary N) is 3. The summed E-state index contributed by atoms with van der Waals surface area (Å²) in [7, 11) is 0. The molecule has 0 saturated heterocycles. The molecule has 0 saturated carbocycles. The zero-order valence-corrected chi connectivity index (χ0v) is 18.7. The standard InChI is InChI=1S/C20H22BrN3O4S/c1-12-4-5-13(2)17(8-12)28-10-18(25)22-20(29)24-23-19(26)11-27-15-6-7-16(21)14(3)9-15/h4-9H,10-11H2,1-3H3,(H,23,26)(H2,22,24,25,29). The third kappa shape index (κ3) is 7.71. The summed E-state index contributed by atoms with van der Waals surface area (Å²) in [6.45, 7) is 5.35. The van der Waals surface area contributed by atoms with Gasteiger partial charge in [-0.15, -0.1) is 0 Å². The monoisotopic (exact) mass is 479 g/mol. The van der Waals surface area contributed by atoms with E-state index in [-0.39, 0.29) is 18.3 Å². The molecule has 2 aromatic carbocycles. The minimum atomic E-state index is -0.450. The highest BCUT2D eigenvalue weighted by molar-refractivity contribution is 9.10. The molecule has 0 bridgehead atoms. The number of amides is 2. The van der Waals surface area contributed by atoms with E-state index < -0.39 is 11.8 Å². The van der Waals surface area contributed by atoms with Gasteiger partial charge in [0, 0.05) is 4.47 Å². The number of halogens is 1. The van der Waals surface area contributed by atoms with Crippen molar-refractivity contribution in [2.24, 2.45) is 0 Å². The molecular weight excluding hydrogens is 458 g/mol. The Balaban J connectivity index is 1.68. The topological polar surface area (TPSA) is 88.7 Å². The maximum Gasteiger partial charge on any atom is 0.276 e. The zero-order chi connectivity index (χ0) is 21.4. The molecule has 0 atom stereocenters. The van der Waals surface area contributed by atoms with Gasteiger partial charge in [0.1, 0.15) is 11.5 Å². The van der Waals surface area contributed by atoms with E-state index in [1.165, 1.54) is 0 Å². The van der Waals surface area contributed by atoms with Crippen LogP contribution in [0.2, 0.25) is 0 Å². The molecule has 0 aliphatic heterocycles. The summed E-state index contributed by atoms with van der Waals surface area (Å²) < 4.78 is 11.9. The highest BCUT2D eigenvalue weighted by atomic mass is 79.9. The van der Waals surface area contributed by atoms with Gasteiger partial charge in [-0.1, -0.05) is 28.1 Å². The first-order chi connectivity index (χ1) is 13.7. The summed E-state index contributed by atoms with van der Waals surface area (Å²) >= 11 is 8.37. The normalized spacial score (nSPS) is 10.1. The molecular formula is C20H22BrN3O4S. The molecule has 0 fully saturated rings. The molecule has 0 heterocycles. The molecule has 2 aromatic rings. The summed E-state index contributed by atoms with van der Waals surface area (Å²) in [4.78, 5) is 23.8. The second kappa shape index (κ2) is 10.8. The van der Waals surface area contributed by atoms with Crippen molar-refractivity contribution in [1.29, 1.82) is 0 Å². The Labute approximate surface area is 183 Å². The molecule has 0 aliphatic rings. The molecule has 0 aromatic heterocycles. The van der Waals surface area contributed by atoms with Crippen molar-refractivity contribution in [3.8, 4) is 11.5 Å². The van der Waals surface area contributed by atoms with E-state index in [1.807, 2.05) is 51.1 Å². The SMILES string of the molecule is Cc1ccc(C)c(OCC(=O)NC(=S)NNC(=O)COc2ccc(Br)c(C)c2)c1. The predicted molar refractivity (Wildman–Crippen MR) is 118 cm³/mol. The Hall–Kier alpha value is -2.65. The highest BCUT2D eigenvalue weighted by Crippen LogP contribution is 2.21. The second-order valence-corrected chi connectivity index (χ2v) is 7.57. The van der Waals surface area contributed by atoms with Gasteiger partial charge in [-0.3, -0.25) is 25.8 Å². The van der Waals surface area contributed by atoms with Crippen LogP contribution in [-0.4, -0.2) is 30.1 Å². The number of hydrogen-bond donors (Lipinski definition) is 3. The van der Waals surface area contributed by atoms with Crippen LogP contribution in [0, 0.1) is 20.8 Å². The minimum Gasteiger partial charge on any atom is -0.484 e. The molecule has 0 radical (unpaired) electrons. The number of aryl methyl sites for hydroxylation is 3. The molecule has 29 heavy (non-hydrogen) atoms. The maximum atomic E-state index is 11.9. The van der Waals surface area contributed by atoms with Crippen LogP contribution in [0.1, 0.15) is 16.7 Å². The van der Waals surface area contributed by atoms with Crippen molar-refractivity contribution in [3.63, 3.8) is 0 Å². The fraction of sp³-hybridized carbons (Fsp3) is 0.250. The van der Waals surface area contributed by atoms with Crippen molar-refractivity contribution in [2.75, 3.05) is 13.2 Å². The molecule has 2 rings (SSSR count). The fourth-order valence-corrected chi connectivity index (χ4v) is 2.63. The van der Waals surface area contributed by atoms with Crippen LogP contribution in [0.4, 0.5) is 0 Å². The lowest BCUT2D eigenvalue weighted by molar-refractivity contribution is -0.124. The van der Waals surface area contributed by atoms with Crippen molar-refractivity contribution in [1.82, 2.24) is 16.2 Å². The van der Waals surface area contributed by atoms with Gasteiger partial charge >= 0.3 is 0 Å². The van der Waals surface area contributed by atoms with Gasteiger partial charge in [0.15, 0.2) is 18.3 Å². The lowest BCUT2D eigenvalue weighted by atomic mass is 10.1. The van der Waals surface area contributed by atoms with Crippen LogP contribution in [0.15, 0.2) is 40.9 Å². The summed E-state index contributed by atoms with van der Waals surface area (Å²) in [5, 5.41) is 2.37. The van der Waals surface area contributed by atoms with Crippen LogP contribution in [0.5, 0.6) is 11.5 Å². The van der Waals surface area contributed by atoms with Crippen LogP contribution in [0.3, 0.4) is 0 Å². The zero-order valence-electron chi connectivity index (χ0n) is 16.3. The average Bonchev–Trinajstić information content (AvgIpc) is 2.68. The van der Waals surface area contributed by atoms with E-state index in [9.17, 15) is 9.59 Å². The van der Waals surface area contributed by atoms with Crippen molar-refractivity contribution in [3.05, 3.63) is 57.6 Å². The molecule has 0 aliphatic carbocycles. The Morgan fingerprint density at radius 1 is 0.931 bits per heavy atom. The van der Waals surface area contributed by atoms with Gasteiger partial charge in [-0.2, -0.15) is 0 Å². The molecule has 154 valence electrons. The molecule has 2 amide bonds. The summed E-state index contributed by atoms with van der Waals surface area (Å²) in [6, 6.07) is 11.1. The van der Waals surface area contributed by atoms with Crippen LogP contribution in [-0.2, 0) is 9.59 Å². The summed E-state index contributed by atoms with van der Waals surface area (Å²) in [6.07, 6.45) is 0. The predicted octanol–water partition coefficient (Wildman–Crippen LogP) is 2.85.